The summed E-state index contributed by atoms with van der Waals surface area (Å²) >= 11 is 11.9. The van der Waals surface area contributed by atoms with Crippen molar-refractivity contribution < 1.29 is 9.78 Å². The fraction of sp³-hybridized carbons (Fsp3) is 0.200. The number of halogens is 2. The second-order valence-electron chi connectivity index (χ2n) is 6.10. The number of carbonyl (C=O) groups excluding carboxylic acids is 1. The van der Waals surface area contributed by atoms with E-state index in [2.05, 4.69) is 10.3 Å². The quantitative estimate of drug-likeness (QED) is 0.630. The van der Waals surface area contributed by atoms with E-state index < -0.39 is 0 Å². The van der Waals surface area contributed by atoms with E-state index in [0.29, 0.717) is 22.2 Å². The first kappa shape index (κ1) is 18.5. The summed E-state index contributed by atoms with van der Waals surface area (Å²) in [5.74, 6) is -0.00364. The van der Waals surface area contributed by atoms with Crippen molar-refractivity contribution in [2.45, 2.75) is 6.42 Å². The minimum absolute atomic E-state index is 0.00364. The van der Waals surface area contributed by atoms with Crippen molar-refractivity contribution in [1.82, 2.24) is 4.90 Å². The maximum atomic E-state index is 12.4. The molecule has 0 radical (unpaired) electrons. The predicted molar refractivity (Wildman–Crippen MR) is 107 cm³/mol. The Bertz CT molecular complexity index is 913. The monoisotopic (exact) mass is 388 g/mol. The van der Waals surface area contributed by atoms with E-state index >= 15 is 0 Å². The fourth-order valence-corrected chi connectivity index (χ4v) is 3.08. The van der Waals surface area contributed by atoms with Gasteiger partial charge in [0, 0.05) is 47.9 Å². The topological polar surface area (TPSA) is 46.5 Å². The predicted octanol–water partition coefficient (Wildman–Crippen LogP) is 4.53. The van der Waals surface area contributed by atoms with E-state index in [1.54, 1.807) is 29.2 Å². The SMILES string of the molecule is CN(CCCNc1cc[nH+]c2cc(Cl)ccc12)C(=O)c1ccc(Cl)cc1. The number of amides is 1. The molecule has 1 aromatic heterocycles. The van der Waals surface area contributed by atoms with Crippen LogP contribution in [-0.4, -0.2) is 30.9 Å². The molecule has 6 heteroatoms. The Kier molecular flexibility index (Phi) is 5.96. The lowest BCUT2D eigenvalue weighted by molar-refractivity contribution is -0.344. The van der Waals surface area contributed by atoms with Crippen LogP contribution in [0.5, 0.6) is 0 Å². The van der Waals surface area contributed by atoms with Crippen LogP contribution in [0.3, 0.4) is 0 Å². The second-order valence-corrected chi connectivity index (χ2v) is 6.97. The molecule has 3 rings (SSSR count). The highest BCUT2D eigenvalue weighted by Crippen LogP contribution is 2.22. The number of hydrogen-bond acceptors (Lipinski definition) is 2. The smallest absolute Gasteiger partial charge is 0.253 e. The van der Waals surface area contributed by atoms with Gasteiger partial charge in [0.2, 0.25) is 5.52 Å². The number of H-pyrrole nitrogens is 1. The van der Waals surface area contributed by atoms with Gasteiger partial charge in [-0.3, -0.25) is 4.79 Å². The van der Waals surface area contributed by atoms with Crippen molar-refractivity contribution in [2.75, 3.05) is 25.5 Å². The molecule has 134 valence electrons. The number of aromatic amines is 1. The molecule has 0 aliphatic carbocycles. The van der Waals surface area contributed by atoms with Crippen molar-refractivity contribution in [1.29, 1.82) is 0 Å². The Morgan fingerprint density at radius 2 is 1.81 bits per heavy atom. The Balaban J connectivity index is 1.54. The van der Waals surface area contributed by atoms with Gasteiger partial charge in [-0.05, 0) is 42.8 Å². The molecule has 0 atom stereocenters. The Labute approximate surface area is 162 Å². The molecule has 2 N–H and O–H groups in total. The van der Waals surface area contributed by atoms with E-state index in [4.69, 9.17) is 23.2 Å². The third-order valence-corrected chi connectivity index (χ3v) is 4.67. The number of carbonyl (C=O) groups is 1. The van der Waals surface area contributed by atoms with Gasteiger partial charge < -0.3 is 10.2 Å². The maximum absolute atomic E-state index is 12.4. The largest absolute Gasteiger partial charge is 0.384 e. The Morgan fingerprint density at radius 1 is 1.08 bits per heavy atom. The van der Waals surface area contributed by atoms with Gasteiger partial charge in [-0.25, -0.2) is 4.98 Å². The molecule has 0 fully saturated rings. The Hall–Kier alpha value is -2.30. The molecule has 0 saturated heterocycles. The first-order valence-electron chi connectivity index (χ1n) is 8.39. The summed E-state index contributed by atoms with van der Waals surface area (Å²) in [7, 11) is 1.81. The van der Waals surface area contributed by atoms with Crippen molar-refractivity contribution in [3.63, 3.8) is 0 Å². The molecule has 1 amide bonds. The van der Waals surface area contributed by atoms with E-state index in [-0.39, 0.29) is 5.91 Å². The summed E-state index contributed by atoms with van der Waals surface area (Å²) < 4.78 is 0. The number of fused-ring (bicyclic) bond motifs is 1. The highest BCUT2D eigenvalue weighted by Gasteiger charge is 2.11. The molecule has 0 saturated carbocycles. The summed E-state index contributed by atoms with van der Waals surface area (Å²) in [5, 5.41) is 5.84. The molecule has 3 aromatic rings. The van der Waals surface area contributed by atoms with Crippen molar-refractivity contribution in [3.8, 4) is 0 Å². The number of rotatable bonds is 6. The van der Waals surface area contributed by atoms with Crippen LogP contribution in [0.4, 0.5) is 5.69 Å². The van der Waals surface area contributed by atoms with Crippen LogP contribution in [-0.2, 0) is 0 Å². The van der Waals surface area contributed by atoms with E-state index in [1.807, 2.05) is 37.5 Å². The lowest BCUT2D eigenvalue weighted by Crippen LogP contribution is -2.28. The van der Waals surface area contributed by atoms with Crippen LogP contribution in [0.1, 0.15) is 16.8 Å². The van der Waals surface area contributed by atoms with Gasteiger partial charge in [0.05, 0.1) is 11.1 Å². The standard InChI is InChI=1S/C20H19Cl2N3O/c1-25(20(26)14-3-5-15(21)6-4-14)12-2-10-23-18-9-11-24-19-13-16(22)7-8-17(18)19/h3-9,11,13H,2,10,12H2,1H3,(H,23,24)/p+1. The van der Waals surface area contributed by atoms with E-state index in [1.165, 1.54) is 0 Å². The molecule has 0 unspecified atom stereocenters. The number of benzene rings is 2. The summed E-state index contributed by atoms with van der Waals surface area (Å²) in [6, 6.07) is 14.7. The average molecular weight is 389 g/mol. The van der Waals surface area contributed by atoms with Gasteiger partial charge in [-0.1, -0.05) is 23.2 Å². The molecule has 0 aliphatic rings. The first-order valence-corrected chi connectivity index (χ1v) is 9.15. The number of nitrogens with one attached hydrogen (secondary N) is 2. The Morgan fingerprint density at radius 3 is 2.58 bits per heavy atom. The minimum atomic E-state index is -0.00364. The van der Waals surface area contributed by atoms with E-state index in [0.717, 1.165) is 29.6 Å². The zero-order valence-corrected chi connectivity index (χ0v) is 15.9. The van der Waals surface area contributed by atoms with Gasteiger partial charge in [-0.15, -0.1) is 0 Å². The van der Waals surface area contributed by atoms with Crippen molar-refractivity contribution >= 4 is 45.7 Å². The van der Waals surface area contributed by atoms with Crippen molar-refractivity contribution in [2.24, 2.45) is 0 Å². The summed E-state index contributed by atoms with van der Waals surface area (Å²) in [5.41, 5.74) is 2.67. The lowest BCUT2D eigenvalue weighted by Gasteiger charge is -2.17. The van der Waals surface area contributed by atoms with Gasteiger partial charge in [0.15, 0.2) is 6.20 Å². The zero-order chi connectivity index (χ0) is 18.5. The maximum Gasteiger partial charge on any atom is 0.253 e. The van der Waals surface area contributed by atoms with Crippen LogP contribution in [0.25, 0.3) is 10.9 Å². The van der Waals surface area contributed by atoms with Crippen molar-refractivity contribution in [3.05, 3.63) is 70.3 Å². The van der Waals surface area contributed by atoms with Crippen LogP contribution >= 0.6 is 23.2 Å². The van der Waals surface area contributed by atoms with Crippen LogP contribution in [0.2, 0.25) is 10.0 Å². The third-order valence-electron chi connectivity index (χ3n) is 4.18. The first-order chi connectivity index (χ1) is 12.5. The zero-order valence-electron chi connectivity index (χ0n) is 14.4. The summed E-state index contributed by atoms with van der Waals surface area (Å²) in [6.07, 6.45) is 2.72. The summed E-state index contributed by atoms with van der Waals surface area (Å²) in [6.45, 7) is 1.43. The fourth-order valence-electron chi connectivity index (χ4n) is 2.78. The molecule has 26 heavy (non-hydrogen) atoms. The minimum Gasteiger partial charge on any atom is -0.384 e. The molecule has 0 bridgehead atoms. The average Bonchev–Trinajstić information content (AvgIpc) is 2.64. The highest BCUT2D eigenvalue weighted by molar-refractivity contribution is 6.31. The van der Waals surface area contributed by atoms with Crippen LogP contribution in [0.15, 0.2) is 54.7 Å². The molecule has 1 heterocycles. The highest BCUT2D eigenvalue weighted by atomic mass is 35.5. The molecule has 0 spiro atoms. The number of aromatic nitrogens is 1. The van der Waals surface area contributed by atoms with Crippen LogP contribution < -0.4 is 10.3 Å². The van der Waals surface area contributed by atoms with Gasteiger partial charge in [-0.2, -0.15) is 0 Å². The number of hydrogen-bond donors (Lipinski definition) is 1. The second kappa shape index (κ2) is 8.39. The number of pyridine rings is 1. The summed E-state index contributed by atoms with van der Waals surface area (Å²) in [4.78, 5) is 17.3. The molecule has 0 aliphatic heterocycles. The van der Waals surface area contributed by atoms with Gasteiger partial charge in [0.1, 0.15) is 0 Å². The van der Waals surface area contributed by atoms with Gasteiger partial charge >= 0.3 is 0 Å². The third kappa shape index (κ3) is 4.45. The molecule has 4 nitrogen and oxygen atoms in total. The molecular formula is C20H20Cl2N3O+. The van der Waals surface area contributed by atoms with Crippen LogP contribution in [0, 0.1) is 0 Å². The number of nitrogens with zero attached hydrogens (tertiary/aromatic N) is 1. The molecular weight excluding hydrogens is 369 g/mol. The van der Waals surface area contributed by atoms with E-state index in [9.17, 15) is 4.79 Å². The van der Waals surface area contributed by atoms with Gasteiger partial charge in [0.25, 0.3) is 5.91 Å². The molecule has 2 aromatic carbocycles. The lowest BCUT2D eigenvalue weighted by atomic mass is 10.2. The normalized spacial score (nSPS) is 10.7. The number of anilines is 1.